The third-order valence-corrected chi connectivity index (χ3v) is 9.59. The number of methoxy groups -OCH3 is 1. The molecule has 3 aliphatic rings. The molecule has 214 valence electrons. The van der Waals surface area contributed by atoms with Crippen LogP contribution in [-0.4, -0.2) is 57.1 Å². The van der Waals surface area contributed by atoms with Gasteiger partial charge >= 0.3 is 0 Å². The Bertz CT molecular complexity index is 1730. The maximum absolute atomic E-state index is 13.7. The molecule has 4 aromatic carbocycles. The largest absolute Gasteiger partial charge is 0.497 e. The van der Waals surface area contributed by atoms with Crippen molar-refractivity contribution in [2.45, 2.75) is 31.7 Å². The van der Waals surface area contributed by atoms with Crippen molar-refractivity contribution in [3.63, 3.8) is 0 Å². The van der Waals surface area contributed by atoms with E-state index in [0.717, 1.165) is 83.6 Å². The number of ether oxygens (including phenoxy) is 1. The maximum Gasteiger partial charge on any atom is 0.259 e. The SMILES string of the molecule is COc1ccc(CN2C(=O)c3cccc4c(C5(c6cc(N7CCN(C)CC7)cc(C(N)=O)c6C)CC5)ccc2c34)cc1. The van der Waals surface area contributed by atoms with Crippen LogP contribution < -0.4 is 20.3 Å². The highest BCUT2D eigenvalue weighted by Gasteiger charge is 2.49. The number of hydrogen-bond acceptors (Lipinski definition) is 5. The lowest BCUT2D eigenvalue weighted by Crippen LogP contribution is -2.44. The van der Waals surface area contributed by atoms with Crippen molar-refractivity contribution in [1.82, 2.24) is 4.90 Å². The van der Waals surface area contributed by atoms with E-state index >= 15 is 0 Å². The van der Waals surface area contributed by atoms with Gasteiger partial charge in [0.1, 0.15) is 5.75 Å². The molecule has 2 aliphatic heterocycles. The first-order valence-electron chi connectivity index (χ1n) is 14.7. The van der Waals surface area contributed by atoms with E-state index < -0.39 is 0 Å². The van der Waals surface area contributed by atoms with Crippen molar-refractivity contribution in [3.05, 3.63) is 100 Å². The van der Waals surface area contributed by atoms with E-state index in [-0.39, 0.29) is 17.2 Å². The molecule has 2 fully saturated rings. The third kappa shape index (κ3) is 4.14. The van der Waals surface area contributed by atoms with Gasteiger partial charge < -0.3 is 25.2 Å². The van der Waals surface area contributed by atoms with Gasteiger partial charge in [-0.25, -0.2) is 0 Å². The van der Waals surface area contributed by atoms with Gasteiger partial charge in [0, 0.05) is 53.8 Å². The van der Waals surface area contributed by atoms with Crippen LogP contribution in [0.1, 0.15) is 55.8 Å². The van der Waals surface area contributed by atoms with E-state index in [1.807, 2.05) is 54.3 Å². The summed E-state index contributed by atoms with van der Waals surface area (Å²) in [6, 6.07) is 22.6. The second-order valence-corrected chi connectivity index (χ2v) is 12.0. The number of primary amides is 1. The third-order valence-electron chi connectivity index (χ3n) is 9.59. The summed E-state index contributed by atoms with van der Waals surface area (Å²) in [6.45, 7) is 6.32. The molecule has 2 amide bonds. The van der Waals surface area contributed by atoms with Gasteiger partial charge in [0.15, 0.2) is 0 Å². The Morgan fingerprint density at radius 1 is 0.952 bits per heavy atom. The first-order chi connectivity index (χ1) is 20.3. The lowest BCUT2D eigenvalue weighted by atomic mass is 9.80. The van der Waals surface area contributed by atoms with Gasteiger partial charge in [-0.3, -0.25) is 9.59 Å². The number of likely N-dealkylation sites (N-methyl/N-ethyl adjacent to an activating group) is 1. The van der Waals surface area contributed by atoms with E-state index in [1.165, 1.54) is 11.1 Å². The monoisotopic (exact) mass is 560 g/mol. The molecule has 4 aromatic rings. The van der Waals surface area contributed by atoms with E-state index in [2.05, 4.69) is 41.1 Å². The number of carbonyl (C=O) groups is 2. The highest BCUT2D eigenvalue weighted by molar-refractivity contribution is 6.25. The molecule has 7 nitrogen and oxygen atoms in total. The lowest BCUT2D eigenvalue weighted by molar-refractivity contribution is 0.0986. The number of piperazine rings is 1. The Hall–Kier alpha value is -4.36. The van der Waals surface area contributed by atoms with E-state index in [4.69, 9.17) is 10.5 Å². The number of nitrogens with two attached hydrogens (primary N) is 1. The first-order valence-corrected chi connectivity index (χ1v) is 14.7. The molecule has 0 atom stereocenters. The quantitative estimate of drug-likeness (QED) is 0.334. The zero-order chi connectivity index (χ0) is 29.2. The number of rotatable bonds is 7. The summed E-state index contributed by atoms with van der Waals surface area (Å²) >= 11 is 0. The van der Waals surface area contributed by atoms with Crippen LogP contribution in [0.2, 0.25) is 0 Å². The molecule has 0 aromatic heterocycles. The van der Waals surface area contributed by atoms with Gasteiger partial charge in [-0.05, 0) is 90.9 Å². The molecule has 1 saturated carbocycles. The Morgan fingerprint density at radius 2 is 1.69 bits per heavy atom. The molecule has 2 heterocycles. The highest BCUT2D eigenvalue weighted by Crippen LogP contribution is 2.58. The Morgan fingerprint density at radius 3 is 2.36 bits per heavy atom. The van der Waals surface area contributed by atoms with Gasteiger partial charge in [-0.2, -0.15) is 0 Å². The van der Waals surface area contributed by atoms with Crippen LogP contribution in [-0.2, 0) is 12.0 Å². The minimum atomic E-state index is -0.388. The summed E-state index contributed by atoms with van der Waals surface area (Å²) in [5.41, 5.74) is 13.5. The van der Waals surface area contributed by atoms with Crippen LogP contribution in [0.25, 0.3) is 10.8 Å². The fraction of sp³-hybridized carbons (Fsp3) is 0.314. The van der Waals surface area contributed by atoms with Crippen molar-refractivity contribution in [1.29, 1.82) is 0 Å². The Labute approximate surface area is 246 Å². The zero-order valence-corrected chi connectivity index (χ0v) is 24.4. The normalized spacial score (nSPS) is 17.6. The molecule has 1 aliphatic carbocycles. The molecule has 7 heteroatoms. The molecule has 7 rings (SSSR count). The highest BCUT2D eigenvalue weighted by atomic mass is 16.5. The van der Waals surface area contributed by atoms with Gasteiger partial charge in [-0.15, -0.1) is 0 Å². The van der Waals surface area contributed by atoms with Gasteiger partial charge in [0.25, 0.3) is 5.91 Å². The van der Waals surface area contributed by atoms with E-state index in [1.54, 1.807) is 7.11 Å². The fourth-order valence-electron chi connectivity index (χ4n) is 7.04. The van der Waals surface area contributed by atoms with Gasteiger partial charge in [-0.1, -0.05) is 30.3 Å². The minimum Gasteiger partial charge on any atom is -0.497 e. The summed E-state index contributed by atoms with van der Waals surface area (Å²) in [5.74, 6) is 0.432. The molecular formula is C35H36N4O3. The Balaban J connectivity index is 1.32. The second-order valence-electron chi connectivity index (χ2n) is 12.0. The van der Waals surface area contributed by atoms with Crippen LogP contribution >= 0.6 is 0 Å². The number of carbonyl (C=O) groups excluding carboxylic acids is 2. The molecule has 2 N–H and O–H groups in total. The number of amides is 2. The van der Waals surface area contributed by atoms with Crippen molar-refractivity contribution < 1.29 is 14.3 Å². The van der Waals surface area contributed by atoms with Crippen molar-refractivity contribution in [2.75, 3.05) is 50.1 Å². The maximum atomic E-state index is 13.7. The summed E-state index contributed by atoms with van der Waals surface area (Å²) < 4.78 is 5.31. The second kappa shape index (κ2) is 9.88. The molecule has 0 unspecified atom stereocenters. The van der Waals surface area contributed by atoms with Crippen LogP contribution in [0.5, 0.6) is 5.75 Å². The number of nitrogens with zero attached hydrogens (tertiary/aromatic N) is 3. The van der Waals surface area contributed by atoms with E-state index in [0.29, 0.717) is 12.1 Å². The van der Waals surface area contributed by atoms with Crippen molar-refractivity contribution in [2.24, 2.45) is 5.73 Å². The lowest BCUT2D eigenvalue weighted by Gasteiger charge is -2.35. The average molecular weight is 561 g/mol. The topological polar surface area (TPSA) is 79.1 Å². The summed E-state index contributed by atoms with van der Waals surface area (Å²) in [6.07, 6.45) is 1.97. The molecule has 0 bridgehead atoms. The van der Waals surface area contributed by atoms with E-state index in [9.17, 15) is 9.59 Å². The predicted molar refractivity (Wildman–Crippen MR) is 167 cm³/mol. The zero-order valence-electron chi connectivity index (χ0n) is 24.4. The number of anilines is 2. The molecule has 42 heavy (non-hydrogen) atoms. The van der Waals surface area contributed by atoms with Crippen LogP contribution in [0.3, 0.4) is 0 Å². The summed E-state index contributed by atoms with van der Waals surface area (Å²) in [7, 11) is 3.80. The van der Waals surface area contributed by atoms with Gasteiger partial charge in [0.2, 0.25) is 5.91 Å². The predicted octanol–water partition coefficient (Wildman–Crippen LogP) is 5.25. The smallest absolute Gasteiger partial charge is 0.259 e. The standard InChI is InChI=1S/C35H36N4O3/c1-22-28(33(36)40)19-24(38-17-15-37(2)16-18-38)20-30(22)35(13-14-35)29-11-12-31-32-26(29)5-4-6-27(32)34(41)39(31)21-23-7-9-25(42-3)10-8-23/h4-12,19-20H,13-18,21H2,1-3H3,(H2,36,40). The van der Waals surface area contributed by atoms with Gasteiger partial charge in [0.05, 0.1) is 19.3 Å². The Kier molecular flexibility index (Phi) is 6.24. The van der Waals surface area contributed by atoms with Crippen molar-refractivity contribution >= 4 is 34.0 Å². The first kappa shape index (κ1) is 26.5. The number of benzene rings is 4. The minimum absolute atomic E-state index is 0.0256. The van der Waals surface area contributed by atoms with Crippen LogP contribution in [0.15, 0.2) is 66.7 Å². The molecule has 0 radical (unpaired) electrons. The van der Waals surface area contributed by atoms with Crippen molar-refractivity contribution in [3.8, 4) is 5.75 Å². The van der Waals surface area contributed by atoms with Crippen LogP contribution in [0, 0.1) is 6.92 Å². The number of hydrogen-bond donors (Lipinski definition) is 1. The molecular weight excluding hydrogens is 524 g/mol. The summed E-state index contributed by atoms with van der Waals surface area (Å²) in [4.78, 5) is 32.9. The van der Waals surface area contributed by atoms with Crippen LogP contribution in [0.4, 0.5) is 11.4 Å². The summed E-state index contributed by atoms with van der Waals surface area (Å²) in [5, 5.41) is 2.13. The fourth-order valence-corrected chi connectivity index (χ4v) is 7.04. The molecule has 1 saturated heterocycles. The molecule has 0 spiro atoms. The average Bonchev–Trinajstić information content (AvgIpc) is 3.76.